The second-order valence-corrected chi connectivity index (χ2v) is 4.17. The molecule has 0 radical (unpaired) electrons. The highest BCUT2D eigenvalue weighted by molar-refractivity contribution is 5.96. The second kappa shape index (κ2) is 6.14. The standard InChI is InChI=1S/C13H16FNO3/c1-3-4-11(13(17)18)15-12(16)9-5-8(2)6-10(14)7-9/h5-7,11H,3-4H2,1-2H3,(H,15,16)(H,17,18). The number of hydrogen-bond donors (Lipinski definition) is 2. The van der Waals surface area contributed by atoms with E-state index >= 15 is 0 Å². The number of carbonyl (C=O) groups is 2. The van der Waals surface area contributed by atoms with E-state index in [0.29, 0.717) is 18.4 Å². The van der Waals surface area contributed by atoms with E-state index in [2.05, 4.69) is 5.32 Å². The molecule has 5 heteroatoms. The third kappa shape index (κ3) is 3.84. The molecule has 0 aliphatic carbocycles. The Morgan fingerprint density at radius 1 is 1.39 bits per heavy atom. The van der Waals surface area contributed by atoms with Crippen molar-refractivity contribution >= 4 is 11.9 Å². The Hall–Kier alpha value is -1.91. The van der Waals surface area contributed by atoms with Gasteiger partial charge in [-0.1, -0.05) is 13.3 Å². The highest BCUT2D eigenvalue weighted by Crippen LogP contribution is 2.09. The number of carboxylic acids is 1. The van der Waals surface area contributed by atoms with Crippen LogP contribution in [0.1, 0.15) is 35.7 Å². The van der Waals surface area contributed by atoms with Gasteiger partial charge in [0, 0.05) is 5.56 Å². The largest absolute Gasteiger partial charge is 0.480 e. The molecule has 4 nitrogen and oxygen atoms in total. The van der Waals surface area contributed by atoms with E-state index in [0.717, 1.165) is 6.07 Å². The normalized spacial score (nSPS) is 11.9. The minimum Gasteiger partial charge on any atom is -0.480 e. The molecular weight excluding hydrogens is 237 g/mol. The van der Waals surface area contributed by atoms with Gasteiger partial charge < -0.3 is 10.4 Å². The summed E-state index contributed by atoms with van der Waals surface area (Å²) in [6.45, 7) is 3.50. The van der Waals surface area contributed by atoms with Gasteiger partial charge in [-0.3, -0.25) is 4.79 Å². The van der Waals surface area contributed by atoms with Gasteiger partial charge in [-0.2, -0.15) is 0 Å². The summed E-state index contributed by atoms with van der Waals surface area (Å²) in [5.41, 5.74) is 0.748. The lowest BCUT2D eigenvalue weighted by Crippen LogP contribution is -2.40. The van der Waals surface area contributed by atoms with E-state index in [9.17, 15) is 14.0 Å². The van der Waals surface area contributed by atoms with Crippen LogP contribution >= 0.6 is 0 Å². The Kier molecular flexibility index (Phi) is 4.83. The molecule has 1 aromatic rings. The Bertz CT molecular complexity index is 439. The zero-order valence-corrected chi connectivity index (χ0v) is 10.4. The lowest BCUT2D eigenvalue weighted by molar-refractivity contribution is -0.139. The summed E-state index contributed by atoms with van der Waals surface area (Å²) in [7, 11) is 0. The Labute approximate surface area is 105 Å². The molecule has 98 valence electrons. The Morgan fingerprint density at radius 3 is 2.56 bits per heavy atom. The number of amides is 1. The number of aliphatic carboxylic acids is 1. The number of rotatable bonds is 5. The van der Waals surface area contributed by atoms with Crippen molar-refractivity contribution in [2.75, 3.05) is 0 Å². The van der Waals surface area contributed by atoms with Crippen molar-refractivity contribution in [3.8, 4) is 0 Å². The molecule has 0 bridgehead atoms. The number of aryl methyl sites for hydroxylation is 1. The molecule has 1 atom stereocenters. The fourth-order valence-corrected chi connectivity index (χ4v) is 1.66. The summed E-state index contributed by atoms with van der Waals surface area (Å²) < 4.78 is 13.1. The van der Waals surface area contributed by atoms with Crippen LogP contribution in [0.2, 0.25) is 0 Å². The van der Waals surface area contributed by atoms with Crippen LogP contribution in [0.15, 0.2) is 18.2 Å². The molecule has 18 heavy (non-hydrogen) atoms. The number of hydrogen-bond acceptors (Lipinski definition) is 2. The maximum absolute atomic E-state index is 13.1. The molecule has 0 fully saturated rings. The fourth-order valence-electron chi connectivity index (χ4n) is 1.66. The summed E-state index contributed by atoms with van der Waals surface area (Å²) in [5, 5.41) is 11.3. The lowest BCUT2D eigenvalue weighted by atomic mass is 10.1. The third-order valence-electron chi connectivity index (χ3n) is 2.49. The number of halogens is 1. The first-order chi connectivity index (χ1) is 8.43. The maximum Gasteiger partial charge on any atom is 0.326 e. The number of carbonyl (C=O) groups excluding carboxylic acids is 1. The zero-order chi connectivity index (χ0) is 13.7. The maximum atomic E-state index is 13.1. The molecule has 1 unspecified atom stereocenters. The highest BCUT2D eigenvalue weighted by atomic mass is 19.1. The molecule has 1 aromatic carbocycles. The molecule has 0 aliphatic heterocycles. The fraction of sp³-hybridized carbons (Fsp3) is 0.385. The lowest BCUT2D eigenvalue weighted by Gasteiger charge is -2.13. The van der Waals surface area contributed by atoms with Crippen molar-refractivity contribution in [2.45, 2.75) is 32.7 Å². The highest BCUT2D eigenvalue weighted by Gasteiger charge is 2.19. The van der Waals surface area contributed by atoms with E-state index < -0.39 is 23.7 Å². The van der Waals surface area contributed by atoms with Crippen molar-refractivity contribution in [1.82, 2.24) is 5.32 Å². The number of nitrogens with one attached hydrogen (secondary N) is 1. The first kappa shape index (κ1) is 14.2. The van der Waals surface area contributed by atoms with Crippen LogP contribution in [0.5, 0.6) is 0 Å². The van der Waals surface area contributed by atoms with E-state index in [1.807, 2.05) is 6.92 Å². The van der Waals surface area contributed by atoms with Crippen LogP contribution in [0, 0.1) is 12.7 Å². The van der Waals surface area contributed by atoms with Gasteiger partial charge in [-0.05, 0) is 37.1 Å². The minimum absolute atomic E-state index is 0.134. The second-order valence-electron chi connectivity index (χ2n) is 4.17. The molecule has 1 amide bonds. The van der Waals surface area contributed by atoms with Crippen LogP contribution in [0.25, 0.3) is 0 Å². The van der Waals surface area contributed by atoms with Crippen LogP contribution in [0.3, 0.4) is 0 Å². The molecule has 0 saturated carbocycles. The molecule has 2 N–H and O–H groups in total. The van der Waals surface area contributed by atoms with E-state index in [1.54, 1.807) is 6.92 Å². The van der Waals surface area contributed by atoms with E-state index in [1.165, 1.54) is 12.1 Å². The minimum atomic E-state index is -1.08. The Balaban J connectivity index is 2.83. The van der Waals surface area contributed by atoms with Gasteiger partial charge >= 0.3 is 5.97 Å². The van der Waals surface area contributed by atoms with E-state index in [-0.39, 0.29) is 5.56 Å². The summed E-state index contributed by atoms with van der Waals surface area (Å²) in [6, 6.07) is 2.97. The van der Waals surface area contributed by atoms with Gasteiger partial charge in [0.2, 0.25) is 0 Å². The van der Waals surface area contributed by atoms with Crippen molar-refractivity contribution in [1.29, 1.82) is 0 Å². The molecule has 1 rings (SSSR count). The first-order valence-electron chi connectivity index (χ1n) is 5.75. The molecular formula is C13H16FNO3. The van der Waals surface area contributed by atoms with Crippen LogP contribution < -0.4 is 5.32 Å². The van der Waals surface area contributed by atoms with Gasteiger partial charge in [0.15, 0.2) is 0 Å². The smallest absolute Gasteiger partial charge is 0.326 e. The predicted octanol–water partition coefficient (Wildman–Crippen LogP) is 2.12. The Morgan fingerprint density at radius 2 is 2.06 bits per heavy atom. The van der Waals surface area contributed by atoms with Gasteiger partial charge in [-0.25, -0.2) is 9.18 Å². The monoisotopic (exact) mass is 253 g/mol. The number of benzene rings is 1. The van der Waals surface area contributed by atoms with Crippen LogP contribution in [-0.4, -0.2) is 23.0 Å². The van der Waals surface area contributed by atoms with Crippen molar-refractivity contribution in [3.05, 3.63) is 35.1 Å². The molecule has 0 aliphatic rings. The van der Waals surface area contributed by atoms with Crippen molar-refractivity contribution in [2.24, 2.45) is 0 Å². The van der Waals surface area contributed by atoms with Gasteiger partial charge in [0.05, 0.1) is 0 Å². The molecule has 0 aromatic heterocycles. The number of carboxylic acid groups (broad SMARTS) is 1. The average molecular weight is 253 g/mol. The van der Waals surface area contributed by atoms with Crippen molar-refractivity contribution < 1.29 is 19.1 Å². The molecule has 0 saturated heterocycles. The van der Waals surface area contributed by atoms with Gasteiger partial charge in [0.1, 0.15) is 11.9 Å². The van der Waals surface area contributed by atoms with Gasteiger partial charge in [-0.15, -0.1) is 0 Å². The van der Waals surface area contributed by atoms with Crippen molar-refractivity contribution in [3.63, 3.8) is 0 Å². The summed E-state index contributed by atoms with van der Waals surface area (Å²) in [4.78, 5) is 22.7. The van der Waals surface area contributed by atoms with E-state index in [4.69, 9.17) is 5.11 Å². The molecule has 0 heterocycles. The van der Waals surface area contributed by atoms with Crippen LogP contribution in [-0.2, 0) is 4.79 Å². The average Bonchev–Trinajstić information content (AvgIpc) is 2.26. The first-order valence-corrected chi connectivity index (χ1v) is 5.75. The van der Waals surface area contributed by atoms with Gasteiger partial charge in [0.25, 0.3) is 5.91 Å². The quantitative estimate of drug-likeness (QED) is 0.844. The zero-order valence-electron chi connectivity index (χ0n) is 10.4. The topological polar surface area (TPSA) is 66.4 Å². The van der Waals surface area contributed by atoms with Crippen LogP contribution in [0.4, 0.5) is 4.39 Å². The summed E-state index contributed by atoms with van der Waals surface area (Å²) >= 11 is 0. The predicted molar refractivity (Wildman–Crippen MR) is 64.9 cm³/mol. The summed E-state index contributed by atoms with van der Waals surface area (Å²) in [6.07, 6.45) is 0.981. The molecule has 0 spiro atoms. The summed E-state index contributed by atoms with van der Waals surface area (Å²) in [5.74, 6) is -2.17. The SMILES string of the molecule is CCCC(NC(=O)c1cc(C)cc(F)c1)C(=O)O. The third-order valence-corrected chi connectivity index (χ3v) is 2.49.